The average molecular weight is 325 g/mol. The van der Waals surface area contributed by atoms with Gasteiger partial charge in [-0.25, -0.2) is 4.98 Å². The Morgan fingerprint density at radius 2 is 2.29 bits per heavy atom. The van der Waals surface area contributed by atoms with Crippen LogP contribution in [-0.2, 0) is 7.05 Å². The van der Waals surface area contributed by atoms with Crippen molar-refractivity contribution in [2.24, 2.45) is 13.0 Å². The van der Waals surface area contributed by atoms with E-state index in [0.29, 0.717) is 18.7 Å². The molecule has 2 aromatic heterocycles. The van der Waals surface area contributed by atoms with Gasteiger partial charge in [0, 0.05) is 50.3 Å². The Balaban J connectivity index is 1.58. The third-order valence-corrected chi connectivity index (χ3v) is 4.78. The van der Waals surface area contributed by atoms with Crippen LogP contribution in [0.2, 0.25) is 0 Å². The Morgan fingerprint density at radius 3 is 3.04 bits per heavy atom. The van der Waals surface area contributed by atoms with E-state index in [9.17, 15) is 9.90 Å². The van der Waals surface area contributed by atoms with Crippen LogP contribution < -0.4 is 0 Å². The van der Waals surface area contributed by atoms with Gasteiger partial charge >= 0.3 is 0 Å². The first-order valence-corrected chi connectivity index (χ1v) is 7.97. The number of aliphatic hydroxyl groups is 1. The molecule has 2 N–H and O–H groups in total. The first-order chi connectivity index (χ1) is 11.7. The van der Waals surface area contributed by atoms with Crippen LogP contribution in [0.1, 0.15) is 21.8 Å². The summed E-state index contributed by atoms with van der Waals surface area (Å²) in [5.74, 6) is 0.133. The highest BCUT2D eigenvalue weighted by atomic mass is 16.3. The molecule has 3 heterocycles. The van der Waals surface area contributed by atoms with E-state index < -0.39 is 0 Å². The van der Waals surface area contributed by atoms with Gasteiger partial charge in [-0.2, -0.15) is 5.10 Å². The topological polar surface area (TPSA) is 87.0 Å². The number of likely N-dealkylation sites (tertiary alicyclic amines) is 1. The van der Waals surface area contributed by atoms with E-state index >= 15 is 0 Å². The van der Waals surface area contributed by atoms with E-state index in [1.807, 2.05) is 36.5 Å². The van der Waals surface area contributed by atoms with Crippen LogP contribution in [0.15, 0.2) is 36.9 Å². The van der Waals surface area contributed by atoms with Gasteiger partial charge in [-0.1, -0.05) is 0 Å². The highest BCUT2D eigenvalue weighted by Gasteiger charge is 2.36. The van der Waals surface area contributed by atoms with Gasteiger partial charge in [0.2, 0.25) is 0 Å². The molecule has 1 aliphatic heterocycles. The number of aromatic amines is 1. The van der Waals surface area contributed by atoms with E-state index in [4.69, 9.17) is 0 Å². The van der Waals surface area contributed by atoms with Crippen molar-refractivity contribution in [3.8, 4) is 0 Å². The fraction of sp³-hybridized carbons (Fsp3) is 0.353. The van der Waals surface area contributed by atoms with Crippen LogP contribution >= 0.6 is 0 Å². The van der Waals surface area contributed by atoms with Gasteiger partial charge in [0.05, 0.1) is 23.6 Å². The predicted molar refractivity (Wildman–Crippen MR) is 88.5 cm³/mol. The zero-order valence-electron chi connectivity index (χ0n) is 13.4. The molecule has 3 aromatic rings. The van der Waals surface area contributed by atoms with Crippen molar-refractivity contribution < 1.29 is 9.90 Å². The zero-order chi connectivity index (χ0) is 16.7. The summed E-state index contributed by atoms with van der Waals surface area (Å²) >= 11 is 0. The molecule has 24 heavy (non-hydrogen) atoms. The van der Waals surface area contributed by atoms with Crippen molar-refractivity contribution in [3.63, 3.8) is 0 Å². The number of amides is 1. The molecular formula is C17H19N5O2. The second kappa shape index (κ2) is 5.76. The number of benzene rings is 1. The van der Waals surface area contributed by atoms with Crippen LogP contribution in [-0.4, -0.2) is 55.4 Å². The predicted octanol–water partition coefficient (Wildman–Crippen LogP) is 1.14. The average Bonchev–Trinajstić information content (AvgIpc) is 3.31. The van der Waals surface area contributed by atoms with Crippen molar-refractivity contribution in [3.05, 3.63) is 48.0 Å². The maximum atomic E-state index is 12.8. The van der Waals surface area contributed by atoms with Gasteiger partial charge in [-0.05, 0) is 23.8 Å². The molecule has 0 radical (unpaired) electrons. The summed E-state index contributed by atoms with van der Waals surface area (Å²) in [5.41, 5.74) is 3.39. The molecule has 0 aliphatic carbocycles. The minimum atomic E-state index is -0.0173. The molecule has 1 fully saturated rings. The molecular weight excluding hydrogens is 306 g/mol. The molecule has 1 amide bonds. The number of carbonyl (C=O) groups excluding carboxylic acids is 1. The minimum absolute atomic E-state index is 0.0173. The van der Waals surface area contributed by atoms with Gasteiger partial charge < -0.3 is 15.0 Å². The number of aromatic nitrogens is 4. The highest BCUT2D eigenvalue weighted by Crippen LogP contribution is 2.33. The van der Waals surface area contributed by atoms with Gasteiger partial charge in [0.15, 0.2) is 0 Å². The van der Waals surface area contributed by atoms with Crippen molar-refractivity contribution in [1.82, 2.24) is 24.6 Å². The minimum Gasteiger partial charge on any atom is -0.396 e. The molecule has 0 bridgehead atoms. The van der Waals surface area contributed by atoms with Crippen LogP contribution in [0.4, 0.5) is 0 Å². The van der Waals surface area contributed by atoms with E-state index in [1.54, 1.807) is 17.1 Å². The summed E-state index contributed by atoms with van der Waals surface area (Å²) in [7, 11) is 1.87. The summed E-state index contributed by atoms with van der Waals surface area (Å²) in [5, 5.41) is 13.9. The number of nitrogens with one attached hydrogen (secondary N) is 1. The van der Waals surface area contributed by atoms with Crippen molar-refractivity contribution in [2.75, 3.05) is 19.7 Å². The number of H-pyrrole nitrogens is 1. The second-order valence-electron chi connectivity index (χ2n) is 6.34. The smallest absolute Gasteiger partial charge is 0.253 e. The van der Waals surface area contributed by atoms with Crippen LogP contribution in [0, 0.1) is 5.92 Å². The maximum Gasteiger partial charge on any atom is 0.253 e. The van der Waals surface area contributed by atoms with Crippen molar-refractivity contribution in [2.45, 2.75) is 5.92 Å². The lowest BCUT2D eigenvalue weighted by Gasteiger charge is -2.16. The summed E-state index contributed by atoms with van der Waals surface area (Å²) in [4.78, 5) is 21.9. The van der Waals surface area contributed by atoms with Crippen molar-refractivity contribution >= 4 is 16.9 Å². The molecule has 1 saturated heterocycles. The molecule has 0 unspecified atom stereocenters. The molecule has 2 atom stereocenters. The zero-order valence-corrected chi connectivity index (χ0v) is 13.4. The van der Waals surface area contributed by atoms with Gasteiger partial charge in [0.25, 0.3) is 5.91 Å². The summed E-state index contributed by atoms with van der Waals surface area (Å²) in [6.07, 6.45) is 5.39. The number of rotatable bonds is 3. The third kappa shape index (κ3) is 2.46. The monoisotopic (exact) mass is 325 g/mol. The first kappa shape index (κ1) is 14.9. The number of aliphatic hydroxyl groups excluding tert-OH is 1. The van der Waals surface area contributed by atoms with Gasteiger partial charge in [0.1, 0.15) is 0 Å². The molecule has 0 saturated carbocycles. The fourth-order valence-corrected chi connectivity index (χ4v) is 3.48. The Kier molecular flexibility index (Phi) is 3.57. The summed E-state index contributed by atoms with van der Waals surface area (Å²) in [6.45, 7) is 1.20. The molecule has 1 aliphatic rings. The van der Waals surface area contributed by atoms with Crippen molar-refractivity contribution in [1.29, 1.82) is 0 Å². The number of fused-ring (bicyclic) bond motifs is 1. The number of aryl methyl sites for hydroxylation is 1. The lowest BCUT2D eigenvalue weighted by molar-refractivity contribution is 0.0781. The summed E-state index contributed by atoms with van der Waals surface area (Å²) < 4.78 is 1.75. The van der Waals surface area contributed by atoms with E-state index in [2.05, 4.69) is 15.1 Å². The number of imidazole rings is 1. The van der Waals surface area contributed by atoms with Gasteiger partial charge in [-0.3, -0.25) is 9.48 Å². The van der Waals surface area contributed by atoms with Gasteiger partial charge in [-0.15, -0.1) is 0 Å². The van der Waals surface area contributed by atoms with Crippen LogP contribution in [0.5, 0.6) is 0 Å². The molecule has 7 heteroatoms. The summed E-state index contributed by atoms with van der Waals surface area (Å²) in [6, 6.07) is 5.48. The fourth-order valence-electron chi connectivity index (χ4n) is 3.48. The third-order valence-electron chi connectivity index (χ3n) is 4.78. The van der Waals surface area contributed by atoms with Crippen LogP contribution in [0.25, 0.3) is 11.0 Å². The standard InChI is InChI=1S/C17H19N5O2/c1-21-6-12(5-20-21)14-8-22(7-13(14)9-23)17(24)11-2-3-15-16(4-11)19-10-18-15/h2-6,10,13-14,23H,7-9H2,1H3,(H,18,19)/t13-,14-/m0/s1. The Labute approximate surface area is 138 Å². The largest absolute Gasteiger partial charge is 0.396 e. The van der Waals surface area contributed by atoms with E-state index in [0.717, 1.165) is 16.6 Å². The normalized spacial score (nSPS) is 20.8. The highest BCUT2D eigenvalue weighted by molar-refractivity contribution is 5.97. The van der Waals surface area contributed by atoms with E-state index in [1.165, 1.54) is 0 Å². The second-order valence-corrected chi connectivity index (χ2v) is 6.34. The maximum absolute atomic E-state index is 12.8. The molecule has 4 rings (SSSR count). The molecule has 1 aromatic carbocycles. The van der Waals surface area contributed by atoms with Crippen LogP contribution in [0.3, 0.4) is 0 Å². The Bertz CT molecular complexity index is 884. The lowest BCUT2D eigenvalue weighted by Crippen LogP contribution is -2.29. The molecule has 0 spiro atoms. The molecule has 124 valence electrons. The lowest BCUT2D eigenvalue weighted by atomic mass is 9.92. The Morgan fingerprint density at radius 1 is 1.42 bits per heavy atom. The number of carbonyl (C=O) groups is 1. The Hall–Kier alpha value is -2.67. The molecule has 7 nitrogen and oxygen atoms in total. The SMILES string of the molecule is Cn1cc([C@@H]2CN(C(=O)c3ccc4nc[nH]c4c3)C[C@H]2CO)cn1. The number of hydrogen-bond acceptors (Lipinski definition) is 4. The number of nitrogens with zero attached hydrogens (tertiary/aromatic N) is 4. The quantitative estimate of drug-likeness (QED) is 0.756. The van der Waals surface area contributed by atoms with E-state index in [-0.39, 0.29) is 24.3 Å². The number of hydrogen-bond donors (Lipinski definition) is 2. The first-order valence-electron chi connectivity index (χ1n) is 7.97.